The Labute approximate surface area is 170 Å². The minimum Gasteiger partial charge on any atom is -0.350 e. The van der Waals surface area contributed by atoms with Gasteiger partial charge >= 0.3 is 6.03 Å². The number of nitrogens with one attached hydrogen (secondary N) is 2. The van der Waals surface area contributed by atoms with Gasteiger partial charge < -0.3 is 10.6 Å². The lowest BCUT2D eigenvalue weighted by molar-refractivity contribution is -0.134. The van der Waals surface area contributed by atoms with E-state index in [1.54, 1.807) is 6.92 Å². The number of rotatable bonds is 5. The summed E-state index contributed by atoms with van der Waals surface area (Å²) < 4.78 is 0. The largest absolute Gasteiger partial charge is 0.350 e. The zero-order valence-electron chi connectivity index (χ0n) is 16.7. The number of nitrogens with zero attached hydrogens (tertiary/aromatic N) is 1. The molecule has 2 aliphatic rings. The van der Waals surface area contributed by atoms with Crippen molar-refractivity contribution in [1.29, 1.82) is 0 Å². The summed E-state index contributed by atoms with van der Waals surface area (Å²) in [6, 6.07) is 13.2. The zero-order valence-corrected chi connectivity index (χ0v) is 16.7. The van der Waals surface area contributed by atoms with E-state index >= 15 is 0 Å². The maximum absolute atomic E-state index is 13.1. The number of aryl methyl sites for hydroxylation is 3. The van der Waals surface area contributed by atoms with E-state index in [1.165, 1.54) is 11.1 Å². The van der Waals surface area contributed by atoms with Crippen molar-refractivity contribution in [3.63, 3.8) is 0 Å². The first-order valence-electron chi connectivity index (χ1n) is 9.96. The van der Waals surface area contributed by atoms with Crippen molar-refractivity contribution in [2.24, 2.45) is 0 Å². The zero-order chi connectivity index (χ0) is 20.6. The van der Waals surface area contributed by atoms with Crippen molar-refractivity contribution in [3.8, 4) is 0 Å². The number of amides is 4. The van der Waals surface area contributed by atoms with Crippen LogP contribution in [-0.4, -0.2) is 29.3 Å². The molecule has 0 aromatic heterocycles. The fraction of sp³-hybridized carbons (Fsp3) is 0.348. The molecule has 2 aromatic carbocycles. The summed E-state index contributed by atoms with van der Waals surface area (Å²) in [7, 11) is 0. The first-order valence-corrected chi connectivity index (χ1v) is 9.96. The fourth-order valence-electron chi connectivity index (χ4n) is 4.12. The second-order valence-electron chi connectivity index (χ2n) is 7.99. The number of fused-ring (bicyclic) bond motifs is 1. The smallest absolute Gasteiger partial charge is 0.325 e. The molecular weight excluding hydrogens is 366 g/mol. The average Bonchev–Trinajstić information content (AvgIpc) is 3.26. The van der Waals surface area contributed by atoms with Gasteiger partial charge in [-0.05, 0) is 60.9 Å². The molecule has 1 atom stereocenters. The molecule has 2 aromatic rings. The lowest BCUT2D eigenvalue weighted by atomic mass is 9.89. The molecule has 1 saturated heterocycles. The van der Waals surface area contributed by atoms with E-state index in [0.29, 0.717) is 6.54 Å². The molecule has 2 N–H and O–H groups in total. The molecule has 1 heterocycles. The van der Waals surface area contributed by atoms with Gasteiger partial charge in [-0.2, -0.15) is 0 Å². The Morgan fingerprint density at radius 3 is 2.69 bits per heavy atom. The summed E-state index contributed by atoms with van der Waals surface area (Å²) in [5.41, 5.74) is 4.24. The molecule has 0 bridgehead atoms. The number of carbonyl (C=O) groups is 3. The van der Waals surface area contributed by atoms with Gasteiger partial charge in [-0.1, -0.05) is 42.5 Å². The molecular formula is C23H25N3O3. The Bertz CT molecular complexity index is 1000. The minimum atomic E-state index is -1.15. The van der Waals surface area contributed by atoms with Crippen molar-refractivity contribution >= 4 is 17.8 Å². The van der Waals surface area contributed by atoms with Crippen LogP contribution in [0.1, 0.15) is 41.2 Å². The first-order chi connectivity index (χ1) is 13.9. The highest BCUT2D eigenvalue weighted by molar-refractivity contribution is 6.09. The number of imide groups is 1. The predicted octanol–water partition coefficient (Wildman–Crippen LogP) is 2.57. The van der Waals surface area contributed by atoms with Crippen molar-refractivity contribution in [2.75, 3.05) is 6.54 Å². The van der Waals surface area contributed by atoms with E-state index in [9.17, 15) is 14.4 Å². The van der Waals surface area contributed by atoms with Gasteiger partial charge in [-0.15, -0.1) is 0 Å². The third-order valence-corrected chi connectivity index (χ3v) is 5.99. The summed E-state index contributed by atoms with van der Waals surface area (Å²) in [4.78, 5) is 38.9. The number of carbonyl (C=O) groups excluding carboxylic acids is 3. The lowest BCUT2D eigenvalue weighted by Crippen LogP contribution is -2.43. The summed E-state index contributed by atoms with van der Waals surface area (Å²) >= 11 is 0. The van der Waals surface area contributed by atoms with Crippen LogP contribution in [0.3, 0.4) is 0 Å². The molecule has 29 heavy (non-hydrogen) atoms. The maximum Gasteiger partial charge on any atom is 0.325 e. The Balaban J connectivity index is 1.45. The second-order valence-corrected chi connectivity index (χ2v) is 7.99. The van der Waals surface area contributed by atoms with Crippen LogP contribution >= 0.6 is 0 Å². The average molecular weight is 391 g/mol. The molecule has 0 spiro atoms. The van der Waals surface area contributed by atoms with Gasteiger partial charge in [0, 0.05) is 6.54 Å². The third kappa shape index (κ3) is 3.50. The van der Waals surface area contributed by atoms with Crippen LogP contribution in [0.15, 0.2) is 42.5 Å². The van der Waals surface area contributed by atoms with Gasteiger partial charge in [0.15, 0.2) is 0 Å². The van der Waals surface area contributed by atoms with Gasteiger partial charge in [0.25, 0.3) is 5.91 Å². The van der Waals surface area contributed by atoms with Gasteiger partial charge in [-0.25, -0.2) is 4.79 Å². The lowest BCUT2D eigenvalue weighted by Gasteiger charge is -2.23. The molecule has 0 radical (unpaired) electrons. The van der Waals surface area contributed by atoms with Crippen LogP contribution in [0.25, 0.3) is 0 Å². The predicted molar refractivity (Wildman–Crippen MR) is 109 cm³/mol. The van der Waals surface area contributed by atoms with Gasteiger partial charge in [0.1, 0.15) is 12.1 Å². The summed E-state index contributed by atoms with van der Waals surface area (Å²) in [6.07, 6.45) is 3.16. The normalized spacial score (nSPS) is 20.6. The van der Waals surface area contributed by atoms with E-state index in [2.05, 4.69) is 10.6 Å². The highest BCUT2D eigenvalue weighted by atomic mass is 16.2. The Morgan fingerprint density at radius 2 is 1.90 bits per heavy atom. The maximum atomic E-state index is 13.1. The fourth-order valence-corrected chi connectivity index (χ4v) is 4.12. The van der Waals surface area contributed by atoms with Crippen LogP contribution in [0, 0.1) is 6.92 Å². The van der Waals surface area contributed by atoms with Crippen molar-refractivity contribution in [1.82, 2.24) is 15.5 Å². The SMILES string of the molecule is Cc1ccccc1CNC(=O)CN1C(=O)N[C@@](C)(c2ccc3c(c2)CCC3)C1=O. The van der Waals surface area contributed by atoms with E-state index < -0.39 is 17.5 Å². The van der Waals surface area contributed by atoms with Gasteiger partial charge in [0.2, 0.25) is 5.91 Å². The molecule has 1 aliphatic carbocycles. The molecule has 0 saturated carbocycles. The number of hydrogen-bond donors (Lipinski definition) is 2. The van der Waals surface area contributed by atoms with E-state index in [0.717, 1.165) is 40.9 Å². The van der Waals surface area contributed by atoms with Crippen LogP contribution in [-0.2, 0) is 34.5 Å². The molecule has 6 heteroatoms. The highest BCUT2D eigenvalue weighted by Crippen LogP contribution is 2.32. The molecule has 6 nitrogen and oxygen atoms in total. The van der Waals surface area contributed by atoms with Gasteiger partial charge in [0.05, 0.1) is 0 Å². The quantitative estimate of drug-likeness (QED) is 0.769. The summed E-state index contributed by atoms with van der Waals surface area (Å²) in [6.45, 7) is 3.74. The monoisotopic (exact) mass is 391 g/mol. The third-order valence-electron chi connectivity index (χ3n) is 5.99. The summed E-state index contributed by atoms with van der Waals surface area (Å²) in [5.74, 6) is -0.763. The molecule has 0 unspecified atom stereocenters. The van der Waals surface area contributed by atoms with Crippen molar-refractivity contribution in [3.05, 3.63) is 70.3 Å². The first kappa shape index (κ1) is 19.2. The Hall–Kier alpha value is -3.15. The number of hydrogen-bond acceptors (Lipinski definition) is 3. The van der Waals surface area contributed by atoms with E-state index in [-0.39, 0.29) is 12.5 Å². The molecule has 150 valence electrons. The summed E-state index contributed by atoms with van der Waals surface area (Å²) in [5, 5.41) is 5.58. The van der Waals surface area contributed by atoms with Crippen molar-refractivity contribution < 1.29 is 14.4 Å². The second kappa shape index (κ2) is 7.35. The molecule has 1 fully saturated rings. The van der Waals surface area contributed by atoms with E-state index in [1.807, 2.05) is 49.4 Å². The van der Waals surface area contributed by atoms with Crippen LogP contribution in [0.4, 0.5) is 4.79 Å². The van der Waals surface area contributed by atoms with E-state index in [4.69, 9.17) is 0 Å². The number of benzene rings is 2. The van der Waals surface area contributed by atoms with Crippen LogP contribution in [0.5, 0.6) is 0 Å². The molecule has 4 amide bonds. The minimum absolute atomic E-state index is 0.295. The van der Waals surface area contributed by atoms with Crippen molar-refractivity contribution in [2.45, 2.75) is 45.2 Å². The topological polar surface area (TPSA) is 78.5 Å². The number of urea groups is 1. The highest BCUT2D eigenvalue weighted by Gasteiger charge is 2.49. The molecule has 1 aliphatic heterocycles. The van der Waals surface area contributed by atoms with Gasteiger partial charge in [-0.3, -0.25) is 14.5 Å². The Kier molecular flexibility index (Phi) is 4.86. The van der Waals surface area contributed by atoms with Crippen LogP contribution in [0.2, 0.25) is 0 Å². The van der Waals surface area contributed by atoms with Crippen LogP contribution < -0.4 is 10.6 Å². The standard InChI is InChI=1S/C23H25N3O3/c1-15-6-3-4-7-18(15)13-24-20(27)14-26-21(28)23(2,25-22(26)29)19-11-10-16-8-5-9-17(16)12-19/h3-4,6-7,10-12H,5,8-9,13-14H2,1-2H3,(H,24,27)(H,25,29)/t23-/m0/s1. The molecule has 4 rings (SSSR count). The Morgan fingerprint density at radius 1 is 1.14 bits per heavy atom.